The van der Waals surface area contributed by atoms with Crippen LogP contribution in [0.3, 0.4) is 0 Å². The topological polar surface area (TPSA) is 41.6 Å². The van der Waals surface area contributed by atoms with Gasteiger partial charge in [0.15, 0.2) is 5.75 Å². The Balaban J connectivity index is 2.00. The third kappa shape index (κ3) is 2.03. The quantitative estimate of drug-likeness (QED) is 0.738. The number of carbonyl (C=O) groups is 1. The van der Waals surface area contributed by atoms with E-state index in [-0.39, 0.29) is 5.91 Å². The van der Waals surface area contributed by atoms with Crippen LogP contribution in [0.4, 0.5) is 0 Å². The lowest BCUT2D eigenvalue weighted by atomic mass is 10.3. The molecule has 4 nitrogen and oxygen atoms in total. The molecule has 1 heterocycles. The molecule has 0 aliphatic carbocycles. The summed E-state index contributed by atoms with van der Waals surface area (Å²) in [5.74, 6) is 0.669. The summed E-state index contributed by atoms with van der Waals surface area (Å²) in [6, 6.07) is 9.32. The van der Waals surface area contributed by atoms with Crippen LogP contribution in [-0.4, -0.2) is 30.6 Å². The van der Waals surface area contributed by atoms with E-state index in [0.29, 0.717) is 18.8 Å². The van der Waals surface area contributed by atoms with Crippen LogP contribution in [0.15, 0.2) is 30.3 Å². The summed E-state index contributed by atoms with van der Waals surface area (Å²) in [4.78, 5) is 16.7. The first-order chi connectivity index (χ1) is 6.86. The molecule has 1 N–H and O–H groups in total. The molecule has 4 heteroatoms. The van der Waals surface area contributed by atoms with Crippen molar-refractivity contribution in [2.75, 3.05) is 19.6 Å². The second-order valence-electron chi connectivity index (χ2n) is 3.08. The smallest absolute Gasteiger partial charge is 0.269 e. The first-order valence-corrected chi connectivity index (χ1v) is 4.60. The average molecular weight is 192 g/mol. The average Bonchev–Trinajstić information content (AvgIpc) is 2.23. The van der Waals surface area contributed by atoms with Crippen molar-refractivity contribution in [2.45, 2.75) is 0 Å². The number of carbonyl (C=O) groups excluding carboxylic acids is 1. The van der Waals surface area contributed by atoms with Gasteiger partial charge in [-0.05, 0) is 12.1 Å². The summed E-state index contributed by atoms with van der Waals surface area (Å²) in [6.45, 7) is 1.72. The summed E-state index contributed by atoms with van der Waals surface area (Å²) < 4.78 is 0. The minimum Gasteiger partial charge on any atom is -0.377 e. The van der Waals surface area contributed by atoms with Gasteiger partial charge in [0, 0.05) is 6.54 Å². The molecular weight excluding hydrogens is 180 g/mol. The molecule has 2 rings (SSSR count). The van der Waals surface area contributed by atoms with Gasteiger partial charge in [-0.25, -0.2) is 0 Å². The number of hydrogen-bond acceptors (Lipinski definition) is 3. The number of benzene rings is 1. The van der Waals surface area contributed by atoms with Gasteiger partial charge in [0.05, 0.1) is 13.1 Å². The summed E-state index contributed by atoms with van der Waals surface area (Å²) >= 11 is 0. The van der Waals surface area contributed by atoms with Crippen molar-refractivity contribution >= 4 is 5.91 Å². The standard InChI is InChI=1S/C10H12N2O2/c13-10-8-11-6-7-12(10)14-9-4-2-1-3-5-9/h1-5,11H,6-8H2. The van der Waals surface area contributed by atoms with Crippen molar-refractivity contribution in [1.82, 2.24) is 10.4 Å². The Labute approximate surface area is 82.4 Å². The molecule has 1 amide bonds. The van der Waals surface area contributed by atoms with Crippen molar-refractivity contribution < 1.29 is 9.63 Å². The number of nitrogens with zero attached hydrogens (tertiary/aromatic N) is 1. The molecule has 0 radical (unpaired) electrons. The van der Waals surface area contributed by atoms with E-state index >= 15 is 0 Å². The number of hydrogen-bond donors (Lipinski definition) is 1. The van der Waals surface area contributed by atoms with Crippen LogP contribution in [0.1, 0.15) is 0 Å². The van der Waals surface area contributed by atoms with E-state index in [1.54, 1.807) is 0 Å². The Morgan fingerprint density at radius 3 is 2.79 bits per heavy atom. The fraction of sp³-hybridized carbons (Fsp3) is 0.300. The van der Waals surface area contributed by atoms with Gasteiger partial charge in [-0.2, -0.15) is 5.06 Å². The minimum absolute atomic E-state index is 0.0277. The second kappa shape index (κ2) is 4.11. The highest BCUT2D eigenvalue weighted by atomic mass is 16.7. The fourth-order valence-corrected chi connectivity index (χ4v) is 1.29. The van der Waals surface area contributed by atoms with Gasteiger partial charge in [0.1, 0.15) is 0 Å². The fourth-order valence-electron chi connectivity index (χ4n) is 1.29. The Morgan fingerprint density at radius 2 is 2.07 bits per heavy atom. The van der Waals surface area contributed by atoms with Crippen LogP contribution in [0, 0.1) is 0 Å². The van der Waals surface area contributed by atoms with Gasteiger partial charge >= 0.3 is 0 Å². The molecule has 1 aliphatic heterocycles. The van der Waals surface area contributed by atoms with Crippen molar-refractivity contribution in [2.24, 2.45) is 0 Å². The predicted molar refractivity (Wildman–Crippen MR) is 51.7 cm³/mol. The zero-order valence-corrected chi connectivity index (χ0v) is 7.77. The maximum absolute atomic E-state index is 11.3. The molecule has 14 heavy (non-hydrogen) atoms. The van der Waals surface area contributed by atoms with Gasteiger partial charge < -0.3 is 10.2 Å². The number of rotatable bonds is 2. The van der Waals surface area contributed by atoms with E-state index in [1.807, 2.05) is 30.3 Å². The summed E-state index contributed by atoms with van der Waals surface area (Å²) in [5.41, 5.74) is 0. The van der Waals surface area contributed by atoms with Crippen molar-refractivity contribution in [3.8, 4) is 5.75 Å². The molecule has 0 bridgehead atoms. The van der Waals surface area contributed by atoms with E-state index < -0.39 is 0 Å². The summed E-state index contributed by atoms with van der Waals surface area (Å²) in [5, 5.41) is 4.37. The van der Waals surface area contributed by atoms with E-state index in [9.17, 15) is 4.79 Å². The van der Waals surface area contributed by atoms with Gasteiger partial charge in [-0.1, -0.05) is 18.2 Å². The van der Waals surface area contributed by atoms with Gasteiger partial charge in [-0.3, -0.25) is 4.79 Å². The SMILES string of the molecule is O=C1CNCCN1Oc1ccccc1. The van der Waals surface area contributed by atoms with Crippen LogP contribution in [0.25, 0.3) is 0 Å². The molecule has 74 valence electrons. The molecular formula is C10H12N2O2. The Kier molecular flexibility index (Phi) is 2.65. The monoisotopic (exact) mass is 192 g/mol. The molecule has 1 aliphatic rings. The van der Waals surface area contributed by atoms with Gasteiger partial charge in [0.2, 0.25) is 0 Å². The Bertz CT molecular complexity index is 313. The molecule has 1 saturated heterocycles. The highest BCUT2D eigenvalue weighted by molar-refractivity contribution is 5.78. The summed E-state index contributed by atoms with van der Waals surface area (Å²) in [7, 11) is 0. The third-order valence-electron chi connectivity index (χ3n) is 2.00. The van der Waals surface area contributed by atoms with Crippen LogP contribution in [0.2, 0.25) is 0 Å². The van der Waals surface area contributed by atoms with Crippen LogP contribution < -0.4 is 10.2 Å². The first-order valence-electron chi connectivity index (χ1n) is 4.60. The number of nitrogens with one attached hydrogen (secondary N) is 1. The highest BCUT2D eigenvalue weighted by Gasteiger charge is 2.18. The van der Waals surface area contributed by atoms with E-state index in [0.717, 1.165) is 6.54 Å². The zero-order valence-electron chi connectivity index (χ0n) is 7.77. The predicted octanol–water partition coefficient (Wildman–Crippen LogP) is 0.412. The van der Waals surface area contributed by atoms with Gasteiger partial charge in [-0.15, -0.1) is 0 Å². The van der Waals surface area contributed by atoms with Crippen molar-refractivity contribution in [3.63, 3.8) is 0 Å². The molecule has 1 aromatic rings. The largest absolute Gasteiger partial charge is 0.377 e. The molecule has 0 spiro atoms. The molecule has 0 unspecified atom stereocenters. The lowest BCUT2D eigenvalue weighted by molar-refractivity contribution is -0.159. The number of piperazine rings is 1. The Morgan fingerprint density at radius 1 is 1.29 bits per heavy atom. The zero-order chi connectivity index (χ0) is 9.80. The van der Waals surface area contributed by atoms with E-state index in [2.05, 4.69) is 5.32 Å². The maximum Gasteiger partial charge on any atom is 0.269 e. The van der Waals surface area contributed by atoms with E-state index in [4.69, 9.17) is 4.84 Å². The lowest BCUT2D eigenvalue weighted by Crippen LogP contribution is -2.49. The van der Waals surface area contributed by atoms with Crippen molar-refractivity contribution in [1.29, 1.82) is 0 Å². The van der Waals surface area contributed by atoms with Crippen molar-refractivity contribution in [3.05, 3.63) is 30.3 Å². The molecule has 1 fully saturated rings. The third-order valence-corrected chi connectivity index (χ3v) is 2.00. The van der Waals surface area contributed by atoms with E-state index in [1.165, 1.54) is 5.06 Å². The maximum atomic E-state index is 11.3. The van der Waals surface area contributed by atoms with Gasteiger partial charge in [0.25, 0.3) is 5.91 Å². The number of hydroxylamine groups is 2. The number of para-hydroxylation sites is 1. The second-order valence-corrected chi connectivity index (χ2v) is 3.08. The molecule has 0 aromatic heterocycles. The van der Waals surface area contributed by atoms with Crippen LogP contribution in [0.5, 0.6) is 5.75 Å². The molecule has 0 atom stereocenters. The number of amides is 1. The normalized spacial score (nSPS) is 16.9. The minimum atomic E-state index is -0.0277. The first kappa shape index (κ1) is 9.02. The molecule has 1 aromatic carbocycles. The lowest BCUT2D eigenvalue weighted by Gasteiger charge is -2.26. The molecule has 0 saturated carbocycles. The Hall–Kier alpha value is -1.55. The highest BCUT2D eigenvalue weighted by Crippen LogP contribution is 2.10. The van der Waals surface area contributed by atoms with Crippen LogP contribution >= 0.6 is 0 Å². The summed E-state index contributed by atoms with van der Waals surface area (Å²) in [6.07, 6.45) is 0. The van der Waals surface area contributed by atoms with Crippen LogP contribution in [-0.2, 0) is 4.79 Å².